The first-order chi connectivity index (χ1) is 44.8. The topological polar surface area (TPSA) is 307 Å². The Morgan fingerprint density at radius 3 is 1.09 bits per heavy atom. The first-order valence-corrected chi connectivity index (χ1v) is 36.9. The van der Waals surface area contributed by atoms with E-state index in [2.05, 4.69) is 55.6 Å². The number of carbonyl (C=O) groups is 1. The summed E-state index contributed by atoms with van der Waals surface area (Å²) in [7, 11) is 0. The van der Waals surface area contributed by atoms with E-state index in [4.69, 9.17) is 28.4 Å². The van der Waals surface area contributed by atoms with Gasteiger partial charge < -0.3 is 89.9 Å². The third-order valence-electron chi connectivity index (χ3n) is 18.3. The van der Waals surface area contributed by atoms with Crippen LogP contribution in [0.5, 0.6) is 0 Å². The van der Waals surface area contributed by atoms with Gasteiger partial charge in [0.05, 0.1) is 38.6 Å². The first-order valence-electron chi connectivity index (χ1n) is 36.9. The smallest absolute Gasteiger partial charge is 0.220 e. The third kappa shape index (κ3) is 35.8. The average Bonchev–Trinajstić information content (AvgIpc) is 0.827. The average molecular weight is 1310 g/mol. The number of allylic oxidation sites excluding steroid dienone is 7. The van der Waals surface area contributed by atoms with E-state index in [-0.39, 0.29) is 18.9 Å². The standard InChI is InChI=1S/C73H133NO18/c1-3-5-7-9-11-13-15-17-19-20-21-22-23-24-25-26-27-28-29-30-31-32-33-34-35-36-37-38-40-42-44-46-48-50-57(78)56(74-61(79)51-49-47-45-43-41-39-18-16-14-12-10-8-6-4-2)55-87-71-67(85)64(82)69(59(53-76)89-71)92-73-68(86)65(83)70(60(54-77)90-73)91-72-66(84)63(81)62(80)58(52-75)88-72/h16,18,35-36,40,42,48,50,56-60,62-73,75-78,80-86H,3-15,17,19-34,37-39,41,43-47,49,51-55H2,1-2H3,(H,74,79)/b18-16-,36-35+,42-40+,50-48+. The minimum Gasteiger partial charge on any atom is -0.394 e. The lowest BCUT2D eigenvalue weighted by Gasteiger charge is -2.48. The van der Waals surface area contributed by atoms with Crippen molar-refractivity contribution < 1.29 is 89.4 Å². The molecule has 0 bridgehead atoms. The molecule has 1 amide bonds. The number of carbonyl (C=O) groups excluding carboxylic acids is 1. The van der Waals surface area contributed by atoms with Crippen LogP contribution >= 0.6 is 0 Å². The van der Waals surface area contributed by atoms with E-state index < -0.39 is 124 Å². The zero-order valence-electron chi connectivity index (χ0n) is 57.0. The fourth-order valence-electron chi connectivity index (χ4n) is 12.3. The number of amides is 1. The summed E-state index contributed by atoms with van der Waals surface area (Å²) in [5.41, 5.74) is 0. The highest BCUT2D eigenvalue weighted by atomic mass is 16.8. The van der Waals surface area contributed by atoms with Crippen LogP contribution in [0.15, 0.2) is 48.6 Å². The van der Waals surface area contributed by atoms with Gasteiger partial charge in [0.25, 0.3) is 0 Å². The lowest BCUT2D eigenvalue weighted by atomic mass is 9.96. The summed E-state index contributed by atoms with van der Waals surface area (Å²) < 4.78 is 34.3. The molecule has 0 aromatic rings. The van der Waals surface area contributed by atoms with Crippen molar-refractivity contribution in [1.29, 1.82) is 0 Å². The Bertz CT molecular complexity index is 1860. The Morgan fingerprint density at radius 1 is 0.380 bits per heavy atom. The fraction of sp³-hybridized carbons (Fsp3) is 0.877. The van der Waals surface area contributed by atoms with Crippen molar-refractivity contribution in [2.45, 2.75) is 381 Å². The lowest BCUT2D eigenvalue weighted by molar-refractivity contribution is -0.379. The quantitative estimate of drug-likeness (QED) is 0.0199. The molecule has 12 N–H and O–H groups in total. The highest BCUT2D eigenvalue weighted by Crippen LogP contribution is 2.33. The Kier molecular flexibility index (Phi) is 50.0. The van der Waals surface area contributed by atoms with Crippen molar-refractivity contribution in [3.8, 4) is 0 Å². The molecule has 0 saturated carbocycles. The van der Waals surface area contributed by atoms with Crippen LogP contribution in [0.3, 0.4) is 0 Å². The highest BCUT2D eigenvalue weighted by molar-refractivity contribution is 5.76. The Balaban J connectivity index is 1.39. The van der Waals surface area contributed by atoms with Crippen molar-refractivity contribution in [2.24, 2.45) is 0 Å². The molecule has 538 valence electrons. The number of aliphatic hydroxyl groups excluding tert-OH is 11. The minimum atomic E-state index is -1.98. The number of hydrogen-bond donors (Lipinski definition) is 12. The molecule has 0 aromatic carbocycles. The van der Waals surface area contributed by atoms with Gasteiger partial charge in [-0.2, -0.15) is 0 Å². The summed E-state index contributed by atoms with van der Waals surface area (Å²) in [6.07, 6.45) is 39.8. The van der Waals surface area contributed by atoms with Crippen LogP contribution in [0.1, 0.15) is 277 Å². The van der Waals surface area contributed by atoms with E-state index in [0.29, 0.717) is 12.8 Å². The molecule has 3 aliphatic heterocycles. The molecule has 17 unspecified atom stereocenters. The molecular formula is C73H133NO18. The fourth-order valence-corrected chi connectivity index (χ4v) is 12.3. The van der Waals surface area contributed by atoms with Gasteiger partial charge in [-0.25, -0.2) is 0 Å². The predicted octanol–water partition coefficient (Wildman–Crippen LogP) is 10.6. The molecule has 0 radical (unpaired) electrons. The molecule has 3 heterocycles. The minimum absolute atomic E-state index is 0.221. The van der Waals surface area contributed by atoms with Gasteiger partial charge in [-0.05, 0) is 70.6 Å². The Morgan fingerprint density at radius 2 is 0.696 bits per heavy atom. The molecular weight excluding hydrogens is 1180 g/mol. The highest BCUT2D eigenvalue weighted by Gasteiger charge is 2.53. The second-order valence-corrected chi connectivity index (χ2v) is 26.4. The molecule has 19 heteroatoms. The maximum absolute atomic E-state index is 13.4. The molecule has 3 saturated heterocycles. The van der Waals surface area contributed by atoms with Gasteiger partial charge in [0.1, 0.15) is 73.2 Å². The van der Waals surface area contributed by atoms with Gasteiger partial charge in [0.15, 0.2) is 18.9 Å². The van der Waals surface area contributed by atoms with Crippen LogP contribution < -0.4 is 5.32 Å². The molecule has 3 fully saturated rings. The van der Waals surface area contributed by atoms with E-state index in [1.165, 1.54) is 180 Å². The zero-order valence-corrected chi connectivity index (χ0v) is 57.0. The van der Waals surface area contributed by atoms with E-state index in [9.17, 15) is 61.0 Å². The van der Waals surface area contributed by atoms with Crippen LogP contribution in [-0.4, -0.2) is 193 Å². The van der Waals surface area contributed by atoms with Crippen molar-refractivity contribution >= 4 is 5.91 Å². The third-order valence-corrected chi connectivity index (χ3v) is 18.3. The SMILES string of the molecule is CCCCCCC/C=C\CCCCCCCC(=O)NC(COC1OC(CO)C(OC2OC(CO)C(OC3OC(CO)C(O)C(O)C3O)C(O)C2O)C(O)C1O)C(O)/C=C/CC/C=C/CC/C=C/CCCCCCCCCCCCCCCCCCCCCCCCC. The molecule has 3 rings (SSSR count). The van der Waals surface area contributed by atoms with Crippen LogP contribution in [0.4, 0.5) is 0 Å². The van der Waals surface area contributed by atoms with Crippen molar-refractivity contribution in [1.82, 2.24) is 5.32 Å². The number of hydrogen-bond acceptors (Lipinski definition) is 18. The second-order valence-electron chi connectivity index (χ2n) is 26.4. The largest absolute Gasteiger partial charge is 0.394 e. The van der Waals surface area contributed by atoms with E-state index in [0.717, 1.165) is 64.2 Å². The second kappa shape index (κ2) is 54.7. The summed E-state index contributed by atoms with van der Waals surface area (Å²) in [4.78, 5) is 13.4. The molecule has 0 aromatic heterocycles. The molecule has 19 nitrogen and oxygen atoms in total. The lowest BCUT2D eigenvalue weighted by Crippen LogP contribution is -2.66. The number of aliphatic hydroxyl groups is 11. The molecule has 92 heavy (non-hydrogen) atoms. The number of unbranched alkanes of at least 4 members (excludes halogenated alkanes) is 35. The van der Waals surface area contributed by atoms with Gasteiger partial charge in [-0.1, -0.05) is 249 Å². The van der Waals surface area contributed by atoms with E-state index in [1.807, 2.05) is 6.08 Å². The summed E-state index contributed by atoms with van der Waals surface area (Å²) in [6.45, 7) is 1.70. The molecule has 3 aliphatic rings. The number of rotatable bonds is 57. The summed E-state index contributed by atoms with van der Waals surface area (Å²) in [5.74, 6) is -0.298. The van der Waals surface area contributed by atoms with E-state index >= 15 is 0 Å². The predicted molar refractivity (Wildman–Crippen MR) is 360 cm³/mol. The maximum Gasteiger partial charge on any atom is 0.220 e. The van der Waals surface area contributed by atoms with Gasteiger partial charge in [-0.15, -0.1) is 0 Å². The van der Waals surface area contributed by atoms with Crippen molar-refractivity contribution in [3.63, 3.8) is 0 Å². The van der Waals surface area contributed by atoms with Gasteiger partial charge in [0.2, 0.25) is 5.91 Å². The van der Waals surface area contributed by atoms with Gasteiger partial charge >= 0.3 is 0 Å². The normalized spacial score (nSPS) is 27.9. The van der Waals surface area contributed by atoms with E-state index in [1.54, 1.807) is 6.08 Å². The van der Waals surface area contributed by atoms with Crippen molar-refractivity contribution in [3.05, 3.63) is 48.6 Å². The van der Waals surface area contributed by atoms with Gasteiger partial charge in [0, 0.05) is 6.42 Å². The number of nitrogens with one attached hydrogen (secondary N) is 1. The van der Waals surface area contributed by atoms with Crippen molar-refractivity contribution in [2.75, 3.05) is 26.4 Å². The first kappa shape index (κ1) is 84.0. The molecule has 0 aliphatic carbocycles. The Labute approximate surface area is 554 Å². The van der Waals surface area contributed by atoms with Crippen LogP contribution in [0.25, 0.3) is 0 Å². The number of ether oxygens (including phenoxy) is 6. The van der Waals surface area contributed by atoms with Crippen LogP contribution in [-0.2, 0) is 33.2 Å². The molecule has 17 atom stereocenters. The molecule has 0 spiro atoms. The van der Waals surface area contributed by atoms with Crippen LogP contribution in [0.2, 0.25) is 0 Å². The zero-order chi connectivity index (χ0) is 66.8. The Hall–Kier alpha value is -2.25. The van der Waals surface area contributed by atoms with Gasteiger partial charge in [-0.3, -0.25) is 4.79 Å². The monoisotopic (exact) mass is 1310 g/mol. The summed E-state index contributed by atoms with van der Waals surface area (Å²) in [6, 6.07) is -1.00. The summed E-state index contributed by atoms with van der Waals surface area (Å²) >= 11 is 0. The van der Waals surface area contributed by atoms with Crippen LogP contribution in [0, 0.1) is 0 Å². The summed E-state index contributed by atoms with van der Waals surface area (Å²) in [5, 5.41) is 120. The maximum atomic E-state index is 13.4.